The van der Waals surface area contributed by atoms with Gasteiger partial charge in [-0.25, -0.2) is 13.4 Å². The first-order valence-electron chi connectivity index (χ1n) is 11.4. The molecule has 32 heavy (non-hydrogen) atoms. The Morgan fingerprint density at radius 1 is 1.16 bits per heavy atom. The molecule has 8 nitrogen and oxygen atoms in total. The lowest BCUT2D eigenvalue weighted by atomic mass is 10.1. The highest BCUT2D eigenvalue weighted by atomic mass is 32.2. The lowest BCUT2D eigenvalue weighted by Gasteiger charge is -2.26. The SMILES string of the molecule is CCn1c(CN2CCC[C@H]2c2cccn2C)nc2cc(S(=O)(=O)N3CCOCC3)ccc21. The molecular weight excluding hydrogens is 426 g/mol. The van der Waals surface area contributed by atoms with E-state index in [1.54, 1.807) is 12.1 Å². The number of rotatable bonds is 6. The Morgan fingerprint density at radius 3 is 2.69 bits per heavy atom. The van der Waals surface area contributed by atoms with Crippen LogP contribution in [0.15, 0.2) is 41.4 Å². The van der Waals surface area contributed by atoms with E-state index in [-0.39, 0.29) is 0 Å². The van der Waals surface area contributed by atoms with Gasteiger partial charge in [-0.15, -0.1) is 0 Å². The van der Waals surface area contributed by atoms with Crippen LogP contribution in [-0.2, 0) is 34.9 Å². The Kier molecular flexibility index (Phi) is 5.83. The third kappa shape index (κ3) is 3.77. The van der Waals surface area contributed by atoms with E-state index in [9.17, 15) is 8.42 Å². The maximum atomic E-state index is 13.1. The van der Waals surface area contributed by atoms with E-state index >= 15 is 0 Å². The minimum Gasteiger partial charge on any atom is -0.379 e. The van der Waals surface area contributed by atoms with Crippen LogP contribution in [0.4, 0.5) is 0 Å². The van der Waals surface area contributed by atoms with Crippen LogP contribution in [0.3, 0.4) is 0 Å². The fraction of sp³-hybridized carbons (Fsp3) is 0.522. The number of nitrogens with zero attached hydrogens (tertiary/aromatic N) is 5. The van der Waals surface area contributed by atoms with Gasteiger partial charge in [-0.1, -0.05) is 0 Å². The smallest absolute Gasteiger partial charge is 0.243 e. The van der Waals surface area contributed by atoms with Gasteiger partial charge in [-0.3, -0.25) is 4.90 Å². The van der Waals surface area contributed by atoms with Gasteiger partial charge in [0.1, 0.15) is 5.82 Å². The molecule has 0 unspecified atom stereocenters. The van der Waals surface area contributed by atoms with Crippen molar-refractivity contribution in [2.45, 2.75) is 43.8 Å². The maximum Gasteiger partial charge on any atom is 0.243 e. The predicted octanol–water partition coefficient (Wildman–Crippen LogP) is 2.75. The van der Waals surface area contributed by atoms with Crippen molar-refractivity contribution in [1.29, 1.82) is 0 Å². The fourth-order valence-electron chi connectivity index (χ4n) is 5.08. The van der Waals surface area contributed by atoms with Crippen molar-refractivity contribution in [1.82, 2.24) is 23.3 Å². The highest BCUT2D eigenvalue weighted by Crippen LogP contribution is 2.33. The van der Waals surface area contributed by atoms with Gasteiger partial charge in [0.15, 0.2) is 0 Å². The zero-order valence-electron chi connectivity index (χ0n) is 18.8. The minimum absolute atomic E-state index is 0.307. The van der Waals surface area contributed by atoms with Crippen LogP contribution in [0, 0.1) is 0 Å². The zero-order valence-corrected chi connectivity index (χ0v) is 19.6. The van der Waals surface area contributed by atoms with E-state index in [4.69, 9.17) is 9.72 Å². The molecule has 3 aromatic rings. The average Bonchev–Trinajstić information content (AvgIpc) is 3.52. The van der Waals surface area contributed by atoms with Crippen molar-refractivity contribution in [3.8, 4) is 0 Å². The summed E-state index contributed by atoms with van der Waals surface area (Å²) in [6.45, 7) is 6.37. The van der Waals surface area contributed by atoms with Crippen LogP contribution in [-0.4, -0.2) is 64.6 Å². The average molecular weight is 458 g/mol. The third-order valence-electron chi connectivity index (χ3n) is 6.76. The summed E-state index contributed by atoms with van der Waals surface area (Å²) >= 11 is 0. The summed E-state index contributed by atoms with van der Waals surface area (Å²) in [6, 6.07) is 10.0. The monoisotopic (exact) mass is 457 g/mol. The Hall–Kier alpha value is -2.20. The van der Waals surface area contributed by atoms with Crippen molar-refractivity contribution in [2.24, 2.45) is 7.05 Å². The molecule has 2 fully saturated rings. The molecule has 0 amide bonds. The molecule has 4 heterocycles. The molecule has 0 bridgehead atoms. The number of ether oxygens (including phenoxy) is 1. The molecule has 2 aromatic heterocycles. The van der Waals surface area contributed by atoms with E-state index in [0.29, 0.717) is 37.2 Å². The van der Waals surface area contributed by atoms with Gasteiger partial charge >= 0.3 is 0 Å². The number of sulfonamides is 1. The number of aryl methyl sites for hydroxylation is 2. The summed E-state index contributed by atoms with van der Waals surface area (Å²) in [5.41, 5.74) is 3.06. The van der Waals surface area contributed by atoms with Crippen molar-refractivity contribution < 1.29 is 13.2 Å². The Balaban J connectivity index is 1.46. The van der Waals surface area contributed by atoms with Crippen molar-refractivity contribution >= 4 is 21.1 Å². The zero-order chi connectivity index (χ0) is 22.3. The standard InChI is InChI=1S/C23H31N5O3S/c1-3-28-20-9-8-18(32(29,30)27-12-14-31-15-13-27)16-19(20)24-23(28)17-26-11-5-7-22(26)21-6-4-10-25(21)2/h4,6,8-10,16,22H,3,5,7,11-15,17H2,1-2H3/t22-/m0/s1. The molecule has 0 N–H and O–H groups in total. The van der Waals surface area contributed by atoms with Crippen molar-refractivity contribution in [3.05, 3.63) is 48.0 Å². The summed E-state index contributed by atoms with van der Waals surface area (Å²) in [5.74, 6) is 0.990. The summed E-state index contributed by atoms with van der Waals surface area (Å²) in [7, 11) is -1.44. The van der Waals surface area contributed by atoms with Gasteiger partial charge in [0.2, 0.25) is 10.0 Å². The van der Waals surface area contributed by atoms with Crippen molar-refractivity contribution in [3.63, 3.8) is 0 Å². The molecule has 172 valence electrons. The van der Waals surface area contributed by atoms with Crippen LogP contribution < -0.4 is 0 Å². The molecule has 0 radical (unpaired) electrons. The predicted molar refractivity (Wildman–Crippen MR) is 123 cm³/mol. The molecule has 1 atom stereocenters. The van der Waals surface area contributed by atoms with E-state index < -0.39 is 10.0 Å². The second-order valence-electron chi connectivity index (χ2n) is 8.61. The molecule has 2 aliphatic heterocycles. The number of likely N-dealkylation sites (tertiary alicyclic amines) is 1. The number of morpholine rings is 1. The molecular formula is C23H31N5O3S. The van der Waals surface area contributed by atoms with Gasteiger partial charge in [0.25, 0.3) is 0 Å². The summed E-state index contributed by atoms with van der Waals surface area (Å²) in [4.78, 5) is 7.71. The minimum atomic E-state index is -3.54. The quantitative estimate of drug-likeness (QED) is 0.569. The summed E-state index contributed by atoms with van der Waals surface area (Å²) in [5, 5.41) is 0. The van der Waals surface area contributed by atoms with Crippen LogP contribution in [0.25, 0.3) is 11.0 Å². The lowest BCUT2D eigenvalue weighted by molar-refractivity contribution is 0.0730. The topological polar surface area (TPSA) is 72.6 Å². The number of fused-ring (bicyclic) bond motifs is 1. The van der Waals surface area contributed by atoms with Crippen LogP contribution >= 0.6 is 0 Å². The molecule has 1 aromatic carbocycles. The van der Waals surface area contributed by atoms with E-state index in [2.05, 4.69) is 46.3 Å². The Bertz CT molecular complexity index is 1210. The molecule has 2 saturated heterocycles. The number of benzene rings is 1. The Labute approximate surface area is 189 Å². The van der Waals surface area contributed by atoms with Gasteiger partial charge in [0, 0.05) is 38.6 Å². The van der Waals surface area contributed by atoms with Crippen LogP contribution in [0.1, 0.15) is 37.3 Å². The Morgan fingerprint density at radius 2 is 1.97 bits per heavy atom. The molecule has 0 saturated carbocycles. The number of imidazole rings is 1. The van der Waals surface area contributed by atoms with Crippen LogP contribution in [0.2, 0.25) is 0 Å². The fourth-order valence-corrected chi connectivity index (χ4v) is 6.51. The molecule has 2 aliphatic rings. The molecule has 5 rings (SSSR count). The largest absolute Gasteiger partial charge is 0.379 e. The molecule has 9 heteroatoms. The maximum absolute atomic E-state index is 13.1. The molecule has 0 aliphatic carbocycles. The second kappa shape index (κ2) is 8.62. The highest BCUT2D eigenvalue weighted by Gasteiger charge is 2.30. The first-order chi connectivity index (χ1) is 15.5. The van der Waals surface area contributed by atoms with Gasteiger partial charge in [-0.05, 0) is 56.6 Å². The second-order valence-corrected chi connectivity index (χ2v) is 10.5. The highest BCUT2D eigenvalue weighted by molar-refractivity contribution is 7.89. The third-order valence-corrected chi connectivity index (χ3v) is 8.65. The lowest BCUT2D eigenvalue weighted by Crippen LogP contribution is -2.40. The number of hydrogen-bond donors (Lipinski definition) is 0. The first kappa shape index (κ1) is 21.6. The molecule has 0 spiro atoms. The van der Waals surface area contributed by atoms with Gasteiger partial charge < -0.3 is 13.9 Å². The van der Waals surface area contributed by atoms with E-state index in [1.807, 2.05) is 6.07 Å². The van der Waals surface area contributed by atoms with E-state index in [1.165, 1.54) is 16.4 Å². The van der Waals surface area contributed by atoms with Gasteiger partial charge in [-0.2, -0.15) is 4.31 Å². The van der Waals surface area contributed by atoms with Crippen LogP contribution in [0.5, 0.6) is 0 Å². The number of aromatic nitrogens is 3. The normalized spacial score (nSPS) is 21.0. The number of hydrogen-bond acceptors (Lipinski definition) is 5. The van der Waals surface area contributed by atoms with Gasteiger partial charge in [0.05, 0.1) is 41.7 Å². The summed E-state index contributed by atoms with van der Waals surface area (Å²) in [6.07, 6.45) is 4.42. The van der Waals surface area contributed by atoms with E-state index in [0.717, 1.165) is 42.9 Å². The first-order valence-corrected chi connectivity index (χ1v) is 12.9. The summed E-state index contributed by atoms with van der Waals surface area (Å²) < 4.78 is 37.4. The van der Waals surface area contributed by atoms with Crippen molar-refractivity contribution in [2.75, 3.05) is 32.8 Å².